The summed E-state index contributed by atoms with van der Waals surface area (Å²) in [6.45, 7) is 2.35. The van der Waals surface area contributed by atoms with E-state index in [0.29, 0.717) is 5.92 Å². The Labute approximate surface area is 236 Å². The molecular formula is C37H26N2S. The third-order valence-electron chi connectivity index (χ3n) is 8.74. The maximum Gasteiger partial charge on any atom is 0.0541 e. The van der Waals surface area contributed by atoms with Crippen molar-refractivity contribution in [3.8, 4) is 11.4 Å². The van der Waals surface area contributed by atoms with E-state index in [4.69, 9.17) is 0 Å². The van der Waals surface area contributed by atoms with Crippen LogP contribution in [0.4, 0.5) is 0 Å². The summed E-state index contributed by atoms with van der Waals surface area (Å²) in [5.41, 5.74) is 9.01. The molecule has 0 aliphatic heterocycles. The quantitative estimate of drug-likeness (QED) is 0.210. The van der Waals surface area contributed by atoms with Gasteiger partial charge in [0.1, 0.15) is 0 Å². The van der Waals surface area contributed by atoms with Crippen molar-refractivity contribution in [2.45, 2.75) is 19.3 Å². The predicted octanol–water partition coefficient (Wildman–Crippen LogP) is 10.6. The molecule has 1 unspecified atom stereocenters. The summed E-state index contributed by atoms with van der Waals surface area (Å²) in [5, 5.41) is 6.60. The Morgan fingerprint density at radius 2 is 1.10 bits per heavy atom. The van der Waals surface area contributed by atoms with Crippen molar-refractivity contribution in [2.24, 2.45) is 0 Å². The first-order chi connectivity index (χ1) is 19.8. The Bertz CT molecular complexity index is 2270. The second-order valence-corrected chi connectivity index (χ2v) is 12.1. The van der Waals surface area contributed by atoms with Crippen molar-refractivity contribution in [3.63, 3.8) is 0 Å². The average Bonchev–Trinajstić information content (AvgIpc) is 3.64. The molecule has 0 saturated carbocycles. The summed E-state index contributed by atoms with van der Waals surface area (Å²) in [6, 6.07) is 40.4. The van der Waals surface area contributed by atoms with Crippen LogP contribution < -0.4 is 0 Å². The SMILES string of the molecule is CC1CC=Cc2c1c1ccccc1n2-c1ccc2sc3ccc(-n4c5ccccc5c5ccccc54)cc3c2c1. The molecule has 1 aliphatic carbocycles. The van der Waals surface area contributed by atoms with Crippen molar-refractivity contribution in [1.82, 2.24) is 9.13 Å². The first-order valence-electron chi connectivity index (χ1n) is 14.0. The second kappa shape index (κ2) is 8.20. The van der Waals surface area contributed by atoms with Gasteiger partial charge in [0.05, 0.1) is 16.6 Å². The minimum atomic E-state index is 0.519. The van der Waals surface area contributed by atoms with Crippen LogP contribution in [0.5, 0.6) is 0 Å². The van der Waals surface area contributed by atoms with E-state index in [9.17, 15) is 0 Å². The van der Waals surface area contributed by atoms with Gasteiger partial charge in [-0.15, -0.1) is 11.3 Å². The zero-order valence-corrected chi connectivity index (χ0v) is 23.0. The van der Waals surface area contributed by atoms with Gasteiger partial charge in [0.15, 0.2) is 0 Å². The first kappa shape index (κ1) is 22.2. The molecule has 9 rings (SSSR count). The van der Waals surface area contributed by atoms with E-state index in [-0.39, 0.29) is 0 Å². The van der Waals surface area contributed by atoms with Gasteiger partial charge in [-0.3, -0.25) is 0 Å². The molecule has 0 amide bonds. The molecule has 3 heterocycles. The molecule has 40 heavy (non-hydrogen) atoms. The highest BCUT2D eigenvalue weighted by Crippen LogP contribution is 2.42. The van der Waals surface area contributed by atoms with Crippen molar-refractivity contribution < 1.29 is 0 Å². The molecule has 8 aromatic rings. The number of hydrogen-bond acceptors (Lipinski definition) is 1. The molecule has 1 atom stereocenters. The molecule has 3 aromatic heterocycles. The summed E-state index contributed by atoms with van der Waals surface area (Å²) in [4.78, 5) is 0. The maximum absolute atomic E-state index is 2.47. The molecule has 0 fully saturated rings. The normalized spacial score (nSPS) is 15.2. The zero-order chi connectivity index (χ0) is 26.4. The molecule has 1 aliphatic rings. The number of thiophene rings is 1. The lowest BCUT2D eigenvalue weighted by Crippen LogP contribution is -2.02. The van der Waals surface area contributed by atoms with Crippen molar-refractivity contribution in [2.75, 3.05) is 0 Å². The van der Waals surface area contributed by atoms with Gasteiger partial charge in [0, 0.05) is 53.4 Å². The Morgan fingerprint density at radius 1 is 0.575 bits per heavy atom. The van der Waals surface area contributed by atoms with Gasteiger partial charge in [-0.1, -0.05) is 67.6 Å². The van der Waals surface area contributed by atoms with E-state index in [1.165, 1.54) is 75.5 Å². The van der Waals surface area contributed by atoms with Crippen LogP contribution in [0.25, 0.3) is 70.3 Å². The lowest BCUT2D eigenvalue weighted by molar-refractivity contribution is 0.773. The van der Waals surface area contributed by atoms with Crippen LogP contribution in [-0.2, 0) is 0 Å². The van der Waals surface area contributed by atoms with Crippen LogP contribution >= 0.6 is 11.3 Å². The fourth-order valence-electron chi connectivity index (χ4n) is 6.98. The molecule has 0 N–H and O–H groups in total. The minimum Gasteiger partial charge on any atom is -0.310 e. The zero-order valence-electron chi connectivity index (χ0n) is 22.1. The van der Waals surface area contributed by atoms with Gasteiger partial charge in [-0.05, 0) is 78.6 Å². The molecule has 0 saturated heterocycles. The van der Waals surface area contributed by atoms with E-state index in [1.807, 2.05) is 11.3 Å². The summed E-state index contributed by atoms with van der Waals surface area (Å²) in [5.74, 6) is 0.519. The van der Waals surface area contributed by atoms with Crippen molar-refractivity contribution in [3.05, 3.63) is 127 Å². The van der Waals surface area contributed by atoms with Gasteiger partial charge in [-0.25, -0.2) is 0 Å². The van der Waals surface area contributed by atoms with E-state index in [2.05, 4.69) is 137 Å². The Morgan fingerprint density at radius 3 is 1.73 bits per heavy atom. The Kier molecular flexibility index (Phi) is 4.56. The Hall–Kier alpha value is -4.60. The highest BCUT2D eigenvalue weighted by molar-refractivity contribution is 7.25. The summed E-state index contributed by atoms with van der Waals surface area (Å²) in [7, 11) is 0. The predicted molar refractivity (Wildman–Crippen MR) is 173 cm³/mol. The molecule has 2 nitrogen and oxygen atoms in total. The first-order valence-corrected chi connectivity index (χ1v) is 14.8. The van der Waals surface area contributed by atoms with Gasteiger partial charge in [0.2, 0.25) is 0 Å². The summed E-state index contributed by atoms with van der Waals surface area (Å²) in [6.07, 6.45) is 5.76. The number of nitrogens with zero attached hydrogens (tertiary/aromatic N) is 2. The van der Waals surface area contributed by atoms with Gasteiger partial charge in [0.25, 0.3) is 0 Å². The van der Waals surface area contributed by atoms with E-state index >= 15 is 0 Å². The second-order valence-electron chi connectivity index (χ2n) is 11.0. The van der Waals surface area contributed by atoms with Gasteiger partial charge in [-0.2, -0.15) is 0 Å². The largest absolute Gasteiger partial charge is 0.310 e. The monoisotopic (exact) mass is 530 g/mol. The van der Waals surface area contributed by atoms with Crippen LogP contribution in [0.1, 0.15) is 30.5 Å². The standard InChI is InChI=1S/C37H26N2S/c1-23-9-8-16-34-37(23)28-12-4-7-15-33(28)39(34)25-18-20-36-30(22-25)29-21-24(17-19-35(29)40-36)38-31-13-5-2-10-26(31)27-11-3-6-14-32(27)38/h2-8,10-23H,9H2,1H3. The maximum atomic E-state index is 2.47. The van der Waals surface area contributed by atoms with Gasteiger partial charge < -0.3 is 9.13 Å². The highest BCUT2D eigenvalue weighted by atomic mass is 32.1. The number of rotatable bonds is 2. The number of para-hydroxylation sites is 3. The summed E-state index contributed by atoms with van der Waals surface area (Å²) >= 11 is 1.88. The van der Waals surface area contributed by atoms with Crippen molar-refractivity contribution in [1.29, 1.82) is 0 Å². The topological polar surface area (TPSA) is 9.86 Å². The van der Waals surface area contributed by atoms with Gasteiger partial charge >= 0.3 is 0 Å². The van der Waals surface area contributed by atoms with Crippen molar-refractivity contribution >= 4 is 70.3 Å². The third-order valence-corrected chi connectivity index (χ3v) is 9.89. The molecule has 190 valence electrons. The van der Waals surface area contributed by atoms with E-state index < -0.39 is 0 Å². The fourth-order valence-corrected chi connectivity index (χ4v) is 8.05. The van der Waals surface area contributed by atoms with Crippen LogP contribution in [-0.4, -0.2) is 9.13 Å². The molecule has 0 bridgehead atoms. The number of hydrogen-bond donors (Lipinski definition) is 0. The Balaban J connectivity index is 1.31. The lowest BCUT2D eigenvalue weighted by Gasteiger charge is -2.17. The number of allylic oxidation sites excluding steroid dienone is 1. The molecule has 3 heteroatoms. The molecule has 0 spiro atoms. The van der Waals surface area contributed by atoms with E-state index in [0.717, 1.165) is 6.42 Å². The van der Waals surface area contributed by atoms with E-state index in [1.54, 1.807) is 0 Å². The van der Waals surface area contributed by atoms with Crippen LogP contribution in [0.2, 0.25) is 0 Å². The molecule has 0 radical (unpaired) electrons. The highest BCUT2D eigenvalue weighted by Gasteiger charge is 2.23. The number of benzene rings is 5. The fraction of sp³-hybridized carbons (Fsp3) is 0.0811. The number of aromatic nitrogens is 2. The third kappa shape index (κ3) is 2.98. The molecule has 5 aromatic carbocycles. The summed E-state index contributed by atoms with van der Waals surface area (Å²) < 4.78 is 7.53. The average molecular weight is 531 g/mol. The lowest BCUT2D eigenvalue weighted by atomic mass is 9.91. The van der Waals surface area contributed by atoms with Crippen LogP contribution in [0, 0.1) is 0 Å². The molecular weight excluding hydrogens is 504 g/mol. The smallest absolute Gasteiger partial charge is 0.0541 e. The van der Waals surface area contributed by atoms with Crippen LogP contribution in [0.15, 0.2) is 115 Å². The number of fused-ring (bicyclic) bond motifs is 9. The van der Waals surface area contributed by atoms with Crippen LogP contribution in [0.3, 0.4) is 0 Å². The minimum absolute atomic E-state index is 0.519.